The van der Waals surface area contributed by atoms with Crippen molar-refractivity contribution in [3.05, 3.63) is 70.6 Å². The Bertz CT molecular complexity index is 1110. The number of hydrogen-bond acceptors (Lipinski definition) is 5. The van der Waals surface area contributed by atoms with Crippen LogP contribution in [-0.2, 0) is 11.2 Å². The number of hydrogen-bond donors (Lipinski definition) is 0. The molecule has 0 bridgehead atoms. The first-order chi connectivity index (χ1) is 13.0. The molecule has 136 valence electrons. The minimum atomic E-state index is 0.132. The smallest absolute Gasteiger partial charge is 0.153 e. The molecule has 5 nitrogen and oxygen atoms in total. The summed E-state index contributed by atoms with van der Waals surface area (Å²) in [5, 5.41) is 5.79. The number of pyridine rings is 1. The maximum atomic E-state index is 11.2. The third kappa shape index (κ3) is 3.66. The van der Waals surface area contributed by atoms with Crippen molar-refractivity contribution in [1.82, 2.24) is 19.7 Å². The van der Waals surface area contributed by atoms with Crippen molar-refractivity contribution in [2.75, 3.05) is 0 Å². The Balaban J connectivity index is 1.58. The van der Waals surface area contributed by atoms with Crippen LogP contribution in [0.4, 0.5) is 0 Å². The Labute approximate surface area is 161 Å². The van der Waals surface area contributed by atoms with Crippen LogP contribution >= 0.6 is 11.3 Å². The molecule has 0 aliphatic rings. The lowest BCUT2D eigenvalue weighted by atomic mass is 9.98. The van der Waals surface area contributed by atoms with Gasteiger partial charge in [-0.2, -0.15) is 5.10 Å². The molecule has 6 heteroatoms. The first-order valence-corrected chi connectivity index (χ1v) is 9.68. The molecule has 0 N–H and O–H groups in total. The molecule has 0 spiro atoms. The van der Waals surface area contributed by atoms with Gasteiger partial charge in [-0.1, -0.05) is 19.1 Å². The second-order valence-corrected chi connectivity index (χ2v) is 8.01. The number of aryl methyl sites for hydroxylation is 1. The van der Waals surface area contributed by atoms with Gasteiger partial charge in [0.25, 0.3) is 0 Å². The van der Waals surface area contributed by atoms with Gasteiger partial charge < -0.3 is 0 Å². The summed E-state index contributed by atoms with van der Waals surface area (Å²) in [5.41, 5.74) is 4.18. The fourth-order valence-electron chi connectivity index (χ4n) is 3.14. The molecule has 4 rings (SSSR count). The van der Waals surface area contributed by atoms with Gasteiger partial charge in [-0.25, -0.2) is 14.6 Å². The molecular weight excluding hydrogens is 356 g/mol. The fraction of sp³-hybridized carbons (Fsp3) is 0.238. The standard InChI is InChI=1S/C21H20N4OS/c1-13(26)10-16-4-7-21(22-12-16)25-9-8-18(24-25)14(2)17-5-6-19-20(11-17)27-15(3)23-19/h4-9,11-12,14H,10H2,1-3H3. The molecule has 0 aliphatic carbocycles. The number of nitrogens with zero attached hydrogens (tertiary/aromatic N) is 4. The summed E-state index contributed by atoms with van der Waals surface area (Å²) in [6.45, 7) is 5.77. The molecule has 1 unspecified atom stereocenters. The number of carbonyl (C=O) groups is 1. The summed E-state index contributed by atoms with van der Waals surface area (Å²) < 4.78 is 2.98. The van der Waals surface area contributed by atoms with Crippen molar-refractivity contribution < 1.29 is 4.79 Å². The van der Waals surface area contributed by atoms with Gasteiger partial charge in [0, 0.05) is 24.7 Å². The monoisotopic (exact) mass is 376 g/mol. The van der Waals surface area contributed by atoms with Gasteiger partial charge in [0.05, 0.1) is 20.9 Å². The lowest BCUT2D eigenvalue weighted by Crippen LogP contribution is -2.03. The third-order valence-corrected chi connectivity index (χ3v) is 5.50. The largest absolute Gasteiger partial charge is 0.300 e. The van der Waals surface area contributed by atoms with Crippen molar-refractivity contribution in [3.63, 3.8) is 0 Å². The molecule has 3 heterocycles. The van der Waals surface area contributed by atoms with Gasteiger partial charge in [0.15, 0.2) is 5.82 Å². The van der Waals surface area contributed by atoms with Crippen LogP contribution in [0.5, 0.6) is 0 Å². The van der Waals surface area contributed by atoms with Gasteiger partial charge >= 0.3 is 0 Å². The van der Waals surface area contributed by atoms with Crippen LogP contribution in [-0.4, -0.2) is 25.5 Å². The van der Waals surface area contributed by atoms with Crippen LogP contribution in [0.15, 0.2) is 48.8 Å². The molecule has 0 fully saturated rings. The van der Waals surface area contributed by atoms with Gasteiger partial charge in [-0.05, 0) is 49.2 Å². The average molecular weight is 376 g/mol. The van der Waals surface area contributed by atoms with Crippen molar-refractivity contribution in [2.24, 2.45) is 0 Å². The van der Waals surface area contributed by atoms with E-state index >= 15 is 0 Å². The van der Waals surface area contributed by atoms with Crippen molar-refractivity contribution in [2.45, 2.75) is 33.1 Å². The van der Waals surface area contributed by atoms with Crippen molar-refractivity contribution in [1.29, 1.82) is 0 Å². The highest BCUT2D eigenvalue weighted by Crippen LogP contribution is 2.29. The topological polar surface area (TPSA) is 60.7 Å². The minimum absolute atomic E-state index is 0.132. The molecular formula is C21H20N4OS. The van der Waals surface area contributed by atoms with E-state index in [0.29, 0.717) is 6.42 Å². The normalized spacial score (nSPS) is 12.4. The Morgan fingerprint density at radius 2 is 2.07 bits per heavy atom. The number of aromatic nitrogens is 4. The highest BCUT2D eigenvalue weighted by Gasteiger charge is 2.14. The van der Waals surface area contributed by atoms with Gasteiger partial charge in [0.2, 0.25) is 0 Å². The SMILES string of the molecule is CC(=O)Cc1ccc(-n2ccc(C(C)c3ccc4nc(C)sc4c3)n2)nc1. The molecule has 4 aromatic rings. The molecule has 0 aliphatic heterocycles. The lowest BCUT2D eigenvalue weighted by Gasteiger charge is -2.09. The Morgan fingerprint density at radius 3 is 2.81 bits per heavy atom. The first-order valence-electron chi connectivity index (χ1n) is 8.87. The van der Waals surface area contributed by atoms with Crippen LogP contribution in [0.25, 0.3) is 16.0 Å². The zero-order chi connectivity index (χ0) is 19.0. The summed E-state index contributed by atoms with van der Waals surface area (Å²) in [6, 6.07) is 12.3. The minimum Gasteiger partial charge on any atom is -0.300 e. The molecule has 27 heavy (non-hydrogen) atoms. The van der Waals surface area contributed by atoms with E-state index in [2.05, 4.69) is 35.1 Å². The Morgan fingerprint density at radius 1 is 1.22 bits per heavy atom. The quantitative estimate of drug-likeness (QED) is 0.516. The summed E-state index contributed by atoms with van der Waals surface area (Å²) in [6.07, 6.45) is 4.07. The van der Waals surface area contributed by atoms with Crippen LogP contribution in [0, 0.1) is 6.92 Å². The number of ketones is 1. The summed E-state index contributed by atoms with van der Waals surface area (Å²) >= 11 is 1.72. The number of benzene rings is 1. The maximum Gasteiger partial charge on any atom is 0.153 e. The number of rotatable bonds is 5. The van der Waals surface area contributed by atoms with Crippen molar-refractivity contribution >= 4 is 27.3 Å². The molecule has 1 aromatic carbocycles. The molecule has 0 saturated carbocycles. The van der Waals surface area contributed by atoms with Crippen LogP contribution < -0.4 is 0 Å². The van der Waals surface area contributed by atoms with Crippen molar-refractivity contribution in [3.8, 4) is 5.82 Å². The number of fused-ring (bicyclic) bond motifs is 1. The van der Waals surface area contributed by atoms with E-state index in [1.54, 1.807) is 29.1 Å². The highest BCUT2D eigenvalue weighted by molar-refractivity contribution is 7.18. The van der Waals surface area contributed by atoms with E-state index in [1.165, 1.54) is 10.3 Å². The van der Waals surface area contributed by atoms with Crippen LogP contribution in [0.1, 0.15) is 41.6 Å². The summed E-state index contributed by atoms with van der Waals surface area (Å²) in [7, 11) is 0. The maximum absolute atomic E-state index is 11.2. The molecule has 3 aromatic heterocycles. The first kappa shape index (κ1) is 17.5. The van der Waals surface area contributed by atoms with E-state index in [9.17, 15) is 4.79 Å². The highest BCUT2D eigenvalue weighted by atomic mass is 32.1. The number of carbonyl (C=O) groups excluding carboxylic acids is 1. The molecule has 1 atom stereocenters. The zero-order valence-corrected chi connectivity index (χ0v) is 16.3. The van der Waals surface area contributed by atoms with E-state index in [1.807, 2.05) is 31.3 Å². The van der Waals surface area contributed by atoms with Gasteiger partial charge in [-0.3, -0.25) is 4.79 Å². The third-order valence-electron chi connectivity index (χ3n) is 4.57. The van der Waals surface area contributed by atoms with E-state index in [-0.39, 0.29) is 11.7 Å². The fourth-order valence-corrected chi connectivity index (χ4v) is 4.01. The summed E-state index contributed by atoms with van der Waals surface area (Å²) in [5.74, 6) is 1.05. The number of Topliss-reactive ketones (excluding diaryl/α,β-unsaturated/α-hetero) is 1. The second-order valence-electron chi connectivity index (χ2n) is 6.77. The van der Waals surface area contributed by atoms with Gasteiger partial charge in [0.1, 0.15) is 5.78 Å². The molecule has 0 radical (unpaired) electrons. The molecule has 0 amide bonds. The zero-order valence-electron chi connectivity index (χ0n) is 15.5. The van der Waals surface area contributed by atoms with E-state index < -0.39 is 0 Å². The second kappa shape index (κ2) is 7.04. The van der Waals surface area contributed by atoms with Gasteiger partial charge in [-0.15, -0.1) is 11.3 Å². The predicted molar refractivity (Wildman–Crippen MR) is 108 cm³/mol. The van der Waals surface area contributed by atoms with E-state index in [0.717, 1.165) is 27.6 Å². The number of thiazole rings is 1. The summed E-state index contributed by atoms with van der Waals surface area (Å²) in [4.78, 5) is 20.2. The Kier molecular flexibility index (Phi) is 4.58. The predicted octanol–water partition coefficient (Wildman–Crippen LogP) is 4.47. The van der Waals surface area contributed by atoms with Crippen LogP contribution in [0.3, 0.4) is 0 Å². The van der Waals surface area contributed by atoms with E-state index in [4.69, 9.17) is 5.10 Å². The molecule has 0 saturated heterocycles. The van der Waals surface area contributed by atoms with Crippen LogP contribution in [0.2, 0.25) is 0 Å². The average Bonchev–Trinajstić information content (AvgIpc) is 3.26. The Hall–Kier alpha value is -2.86. The lowest BCUT2D eigenvalue weighted by molar-refractivity contribution is -0.116.